The van der Waals surface area contributed by atoms with Gasteiger partial charge in [-0.1, -0.05) is 35.3 Å². The molecule has 1 unspecified atom stereocenters. The first-order chi connectivity index (χ1) is 15.8. The Labute approximate surface area is 206 Å². The van der Waals surface area contributed by atoms with Gasteiger partial charge in [-0.15, -0.1) is 0 Å². The third-order valence-corrected chi connectivity index (χ3v) is 6.95. The van der Waals surface area contributed by atoms with Crippen molar-refractivity contribution in [1.82, 2.24) is 9.62 Å². The quantitative estimate of drug-likeness (QED) is 0.365. The summed E-state index contributed by atoms with van der Waals surface area (Å²) in [6.07, 6.45) is -4.50. The fourth-order valence-corrected chi connectivity index (χ4v) is 4.64. The molecule has 5 nitrogen and oxygen atoms in total. The molecule has 11 heteroatoms. The highest BCUT2D eigenvalue weighted by Gasteiger charge is 2.30. The number of hydrogen-bond acceptors (Lipinski definition) is 4. The Balaban J connectivity index is 1.79. The summed E-state index contributed by atoms with van der Waals surface area (Å²) >= 11 is 12.1. The number of nitrogens with one attached hydrogen (secondary N) is 1. The van der Waals surface area contributed by atoms with Crippen molar-refractivity contribution in [2.24, 2.45) is 0 Å². The van der Waals surface area contributed by atoms with Crippen LogP contribution in [0.15, 0.2) is 71.6 Å². The van der Waals surface area contributed by atoms with E-state index in [4.69, 9.17) is 27.9 Å². The van der Waals surface area contributed by atoms with E-state index in [0.29, 0.717) is 22.2 Å². The van der Waals surface area contributed by atoms with Gasteiger partial charge >= 0.3 is 6.18 Å². The van der Waals surface area contributed by atoms with Crippen molar-refractivity contribution in [2.45, 2.75) is 17.1 Å². The molecule has 0 amide bonds. The SMILES string of the molecule is CN(C)CC(NS(=O)(=O)c1ccc(Oc2cccc(C(F)(F)F)c2)cc1)c1ccc(Cl)c(Cl)c1. The Kier molecular flexibility index (Phi) is 8.15. The smallest absolute Gasteiger partial charge is 0.416 e. The van der Waals surface area contributed by atoms with Crippen molar-refractivity contribution < 1.29 is 26.3 Å². The van der Waals surface area contributed by atoms with Crippen LogP contribution in [0.4, 0.5) is 13.2 Å². The minimum Gasteiger partial charge on any atom is -0.457 e. The molecule has 3 aromatic carbocycles. The second kappa shape index (κ2) is 10.5. The molecule has 182 valence electrons. The molecular formula is C23H21Cl2F3N2O3S. The highest BCUT2D eigenvalue weighted by atomic mass is 35.5. The second-order valence-corrected chi connectivity index (χ2v) is 10.2. The van der Waals surface area contributed by atoms with Crippen LogP contribution in [0.25, 0.3) is 0 Å². The van der Waals surface area contributed by atoms with Gasteiger partial charge in [-0.25, -0.2) is 13.1 Å². The minimum atomic E-state index is -4.50. The molecule has 0 aliphatic rings. The van der Waals surface area contributed by atoms with Crippen LogP contribution in [0, 0.1) is 0 Å². The number of nitrogens with zero attached hydrogens (tertiary/aromatic N) is 1. The zero-order valence-electron chi connectivity index (χ0n) is 18.1. The van der Waals surface area contributed by atoms with Gasteiger partial charge in [0.15, 0.2) is 0 Å². The monoisotopic (exact) mass is 532 g/mol. The Morgan fingerprint density at radius 3 is 2.21 bits per heavy atom. The van der Waals surface area contributed by atoms with Gasteiger partial charge in [0, 0.05) is 6.54 Å². The predicted octanol–water partition coefficient (Wildman–Crippen LogP) is 6.39. The molecule has 0 heterocycles. The van der Waals surface area contributed by atoms with Crippen LogP contribution in [0.2, 0.25) is 10.0 Å². The number of ether oxygens (including phenoxy) is 1. The number of hydrogen-bond donors (Lipinski definition) is 1. The van der Waals surface area contributed by atoms with Crippen LogP contribution >= 0.6 is 23.2 Å². The van der Waals surface area contributed by atoms with Gasteiger partial charge in [0.2, 0.25) is 10.0 Å². The van der Waals surface area contributed by atoms with Gasteiger partial charge in [0.05, 0.1) is 26.5 Å². The maximum atomic E-state index is 13.0. The van der Waals surface area contributed by atoms with E-state index < -0.39 is 27.8 Å². The summed E-state index contributed by atoms with van der Waals surface area (Å²) in [5, 5.41) is 0.659. The van der Waals surface area contributed by atoms with E-state index in [1.54, 1.807) is 32.3 Å². The van der Waals surface area contributed by atoms with Crippen LogP contribution < -0.4 is 9.46 Å². The Bertz CT molecular complexity index is 1250. The highest BCUT2D eigenvalue weighted by molar-refractivity contribution is 7.89. The van der Waals surface area contributed by atoms with Gasteiger partial charge in [-0.2, -0.15) is 13.2 Å². The zero-order chi connectivity index (χ0) is 25.1. The molecule has 3 aromatic rings. The third kappa shape index (κ3) is 6.86. The number of sulfonamides is 1. The standard InChI is InChI=1S/C23H21Cl2F3N2O3S/c1-30(2)14-22(15-6-11-20(24)21(25)12-15)29-34(31,32)19-9-7-17(8-10-19)33-18-5-3-4-16(13-18)23(26,27)28/h3-13,22,29H,14H2,1-2H3. The Hall–Kier alpha value is -2.30. The van der Waals surface area contributed by atoms with Crippen LogP contribution in [0.5, 0.6) is 11.5 Å². The fourth-order valence-electron chi connectivity index (χ4n) is 3.12. The van der Waals surface area contributed by atoms with E-state index in [0.717, 1.165) is 12.1 Å². The zero-order valence-corrected chi connectivity index (χ0v) is 20.4. The first kappa shape index (κ1) is 26.3. The van der Waals surface area contributed by atoms with Gasteiger partial charge < -0.3 is 9.64 Å². The maximum Gasteiger partial charge on any atom is 0.416 e. The van der Waals surface area contributed by atoms with Gasteiger partial charge in [-0.3, -0.25) is 0 Å². The van der Waals surface area contributed by atoms with Crippen molar-refractivity contribution >= 4 is 33.2 Å². The van der Waals surface area contributed by atoms with Crippen LogP contribution in [-0.4, -0.2) is 34.0 Å². The van der Waals surface area contributed by atoms with Crippen molar-refractivity contribution in [3.8, 4) is 11.5 Å². The molecule has 0 aromatic heterocycles. The van der Waals surface area contributed by atoms with Crippen LogP contribution in [0.3, 0.4) is 0 Å². The van der Waals surface area contributed by atoms with Crippen molar-refractivity contribution in [2.75, 3.05) is 20.6 Å². The average molecular weight is 533 g/mol. The lowest BCUT2D eigenvalue weighted by atomic mass is 10.1. The summed E-state index contributed by atoms with van der Waals surface area (Å²) in [5.74, 6) is 0.168. The van der Waals surface area contributed by atoms with Crippen molar-refractivity contribution in [1.29, 1.82) is 0 Å². The largest absolute Gasteiger partial charge is 0.457 e. The fraction of sp³-hybridized carbons (Fsp3) is 0.217. The van der Waals surface area contributed by atoms with E-state index in [9.17, 15) is 21.6 Å². The first-order valence-corrected chi connectivity index (χ1v) is 12.2. The predicted molar refractivity (Wildman–Crippen MR) is 126 cm³/mol. The number of likely N-dealkylation sites (N-methyl/N-ethyl adjacent to an activating group) is 1. The molecule has 0 saturated heterocycles. The first-order valence-electron chi connectivity index (χ1n) is 9.92. The topological polar surface area (TPSA) is 58.6 Å². The number of halogens is 5. The van der Waals surface area contributed by atoms with E-state index in [-0.39, 0.29) is 16.4 Å². The minimum absolute atomic E-state index is 0.0192. The van der Waals surface area contributed by atoms with E-state index in [2.05, 4.69) is 4.72 Å². The molecule has 0 spiro atoms. The molecule has 34 heavy (non-hydrogen) atoms. The van der Waals surface area contributed by atoms with E-state index >= 15 is 0 Å². The van der Waals surface area contributed by atoms with Gasteiger partial charge in [0.1, 0.15) is 11.5 Å². The molecule has 0 bridgehead atoms. The van der Waals surface area contributed by atoms with Crippen molar-refractivity contribution in [3.63, 3.8) is 0 Å². The summed E-state index contributed by atoms with van der Waals surface area (Å²) in [6.45, 7) is 0.355. The molecule has 0 aliphatic carbocycles. The van der Waals surface area contributed by atoms with Gasteiger partial charge in [-0.05, 0) is 74.3 Å². The lowest BCUT2D eigenvalue weighted by Crippen LogP contribution is -2.35. The van der Waals surface area contributed by atoms with Crippen LogP contribution in [-0.2, 0) is 16.2 Å². The molecule has 1 atom stereocenters. The van der Waals surface area contributed by atoms with E-state index in [1.807, 2.05) is 4.90 Å². The molecule has 0 fully saturated rings. The molecule has 0 aliphatic heterocycles. The Morgan fingerprint density at radius 2 is 1.62 bits per heavy atom. The number of rotatable bonds is 8. The van der Waals surface area contributed by atoms with Crippen molar-refractivity contribution in [3.05, 3.63) is 87.9 Å². The lowest BCUT2D eigenvalue weighted by molar-refractivity contribution is -0.137. The normalized spacial score (nSPS) is 13.2. The summed E-state index contributed by atoms with van der Waals surface area (Å²) in [5.41, 5.74) is -0.209. The molecule has 0 radical (unpaired) electrons. The summed E-state index contributed by atoms with van der Waals surface area (Å²) in [4.78, 5) is 1.79. The molecule has 1 N–H and O–H groups in total. The lowest BCUT2D eigenvalue weighted by Gasteiger charge is -2.23. The molecule has 0 saturated carbocycles. The van der Waals surface area contributed by atoms with Gasteiger partial charge in [0.25, 0.3) is 0 Å². The highest BCUT2D eigenvalue weighted by Crippen LogP contribution is 2.33. The summed E-state index contributed by atoms with van der Waals surface area (Å²) in [6, 6.07) is 14.1. The molecule has 3 rings (SSSR count). The van der Waals surface area contributed by atoms with E-state index in [1.165, 1.54) is 36.4 Å². The summed E-state index contributed by atoms with van der Waals surface area (Å²) in [7, 11) is -0.340. The third-order valence-electron chi connectivity index (χ3n) is 4.72. The maximum absolute atomic E-state index is 13.0. The summed E-state index contributed by atoms with van der Waals surface area (Å²) < 4.78 is 72.8. The molecular weight excluding hydrogens is 512 g/mol. The Morgan fingerprint density at radius 1 is 0.941 bits per heavy atom. The second-order valence-electron chi connectivity index (χ2n) is 7.71. The van der Waals surface area contributed by atoms with Crippen LogP contribution in [0.1, 0.15) is 17.2 Å². The average Bonchev–Trinajstić information content (AvgIpc) is 2.75. The number of alkyl halides is 3. The number of benzene rings is 3.